The Bertz CT molecular complexity index is 1040. The first-order valence-electron chi connectivity index (χ1n) is 10.4. The third kappa shape index (κ3) is 4.74. The first-order chi connectivity index (χ1) is 14.7. The molecule has 0 unspecified atom stereocenters. The van der Waals surface area contributed by atoms with Crippen molar-refractivity contribution in [2.45, 2.75) is 40.7 Å². The second kappa shape index (κ2) is 9.25. The summed E-state index contributed by atoms with van der Waals surface area (Å²) in [5, 5.41) is 2.96. The minimum atomic E-state index is -0.610. The summed E-state index contributed by atoms with van der Waals surface area (Å²) >= 11 is 0. The number of nitrogens with zero attached hydrogens (tertiary/aromatic N) is 1. The number of esters is 1. The molecule has 0 bridgehead atoms. The zero-order chi connectivity index (χ0) is 22.7. The van der Waals surface area contributed by atoms with Crippen LogP contribution in [0.1, 0.15) is 40.8 Å². The SMILES string of the molecule is CCOC(=O)C1=C(COc2ccc(C)c(C)c2)N(C)C(=O)N[C@@H]1c1cc(C)ccc1C. The van der Waals surface area contributed by atoms with Crippen molar-refractivity contribution in [2.75, 3.05) is 20.3 Å². The van der Waals surface area contributed by atoms with Gasteiger partial charge in [0.1, 0.15) is 12.4 Å². The fourth-order valence-electron chi connectivity index (χ4n) is 3.64. The normalized spacial score (nSPS) is 16.3. The van der Waals surface area contributed by atoms with Gasteiger partial charge in [-0.15, -0.1) is 0 Å². The van der Waals surface area contributed by atoms with Crippen LogP contribution in [-0.4, -0.2) is 37.2 Å². The third-order valence-corrected chi connectivity index (χ3v) is 5.67. The van der Waals surface area contributed by atoms with Gasteiger partial charge in [-0.1, -0.05) is 29.8 Å². The van der Waals surface area contributed by atoms with Gasteiger partial charge in [-0.05, 0) is 69.0 Å². The fourth-order valence-corrected chi connectivity index (χ4v) is 3.64. The van der Waals surface area contributed by atoms with Crippen molar-refractivity contribution < 1.29 is 19.1 Å². The first kappa shape index (κ1) is 22.4. The van der Waals surface area contributed by atoms with Crippen molar-refractivity contribution in [1.29, 1.82) is 0 Å². The van der Waals surface area contributed by atoms with E-state index < -0.39 is 12.0 Å². The molecule has 0 aliphatic carbocycles. The molecule has 0 saturated carbocycles. The second-order valence-corrected chi connectivity index (χ2v) is 7.92. The van der Waals surface area contributed by atoms with Crippen LogP contribution in [0.3, 0.4) is 0 Å². The van der Waals surface area contributed by atoms with Crippen LogP contribution < -0.4 is 10.1 Å². The zero-order valence-electron chi connectivity index (χ0n) is 19.0. The van der Waals surface area contributed by atoms with Crippen LogP contribution in [0.5, 0.6) is 5.75 Å². The van der Waals surface area contributed by atoms with E-state index in [1.54, 1.807) is 14.0 Å². The van der Waals surface area contributed by atoms with Crippen LogP contribution in [-0.2, 0) is 9.53 Å². The van der Waals surface area contributed by atoms with Crippen molar-refractivity contribution in [2.24, 2.45) is 0 Å². The average molecular weight is 423 g/mol. The lowest BCUT2D eigenvalue weighted by molar-refractivity contribution is -0.139. The number of likely N-dealkylation sites (N-methyl/N-ethyl adjacent to an activating group) is 1. The Labute approximate surface area is 183 Å². The van der Waals surface area contributed by atoms with Crippen LogP contribution in [0.25, 0.3) is 0 Å². The van der Waals surface area contributed by atoms with E-state index in [2.05, 4.69) is 5.32 Å². The molecule has 1 aliphatic rings. The van der Waals surface area contributed by atoms with Crippen molar-refractivity contribution >= 4 is 12.0 Å². The van der Waals surface area contributed by atoms with Crippen molar-refractivity contribution in [3.63, 3.8) is 0 Å². The highest BCUT2D eigenvalue weighted by Crippen LogP contribution is 2.33. The molecule has 1 N–H and O–H groups in total. The Balaban J connectivity index is 2.07. The monoisotopic (exact) mass is 422 g/mol. The fraction of sp³-hybridized carbons (Fsp3) is 0.360. The van der Waals surface area contributed by atoms with E-state index in [-0.39, 0.29) is 19.2 Å². The molecule has 0 radical (unpaired) electrons. The molecule has 1 atom stereocenters. The lowest BCUT2D eigenvalue weighted by Crippen LogP contribution is -2.48. The molecule has 0 fully saturated rings. The summed E-state index contributed by atoms with van der Waals surface area (Å²) in [4.78, 5) is 27.3. The molecule has 0 aromatic heterocycles. The van der Waals surface area contributed by atoms with Crippen molar-refractivity contribution in [1.82, 2.24) is 10.2 Å². The Hall–Kier alpha value is -3.28. The number of nitrogens with one attached hydrogen (secondary N) is 1. The smallest absolute Gasteiger partial charge is 0.338 e. The van der Waals surface area contributed by atoms with Gasteiger partial charge in [-0.25, -0.2) is 9.59 Å². The highest BCUT2D eigenvalue weighted by atomic mass is 16.5. The van der Waals surface area contributed by atoms with Gasteiger partial charge in [0.2, 0.25) is 0 Å². The highest BCUT2D eigenvalue weighted by Gasteiger charge is 2.37. The number of ether oxygens (including phenoxy) is 2. The molecule has 2 aromatic rings. The molecular weight excluding hydrogens is 392 g/mol. The van der Waals surface area contributed by atoms with Crippen LogP contribution in [0, 0.1) is 27.7 Å². The Morgan fingerprint density at radius 3 is 2.42 bits per heavy atom. The maximum absolute atomic E-state index is 13.0. The van der Waals surface area contributed by atoms with Gasteiger partial charge in [-0.3, -0.25) is 4.90 Å². The Morgan fingerprint density at radius 1 is 1.03 bits per heavy atom. The van der Waals surface area contributed by atoms with Gasteiger partial charge in [0.05, 0.1) is 23.9 Å². The van der Waals surface area contributed by atoms with Crippen LogP contribution in [0.4, 0.5) is 4.79 Å². The average Bonchev–Trinajstić information content (AvgIpc) is 2.73. The summed E-state index contributed by atoms with van der Waals surface area (Å²) in [5.41, 5.74) is 6.06. The Morgan fingerprint density at radius 2 is 1.74 bits per heavy atom. The number of rotatable bonds is 6. The van der Waals surface area contributed by atoms with Crippen molar-refractivity contribution in [3.8, 4) is 5.75 Å². The standard InChI is InChI=1S/C25H30N2O4/c1-7-30-24(28)22-21(14-31-19-11-10-16(3)18(5)13-19)27(6)25(29)26-23(22)20-12-15(2)8-9-17(20)4/h8-13,23H,7,14H2,1-6H3,(H,26,29)/t23-/m1/s1. The zero-order valence-corrected chi connectivity index (χ0v) is 19.0. The van der Waals surface area contributed by atoms with Gasteiger partial charge in [0.15, 0.2) is 0 Å². The molecule has 0 saturated heterocycles. The molecule has 164 valence electrons. The number of carbonyl (C=O) groups is 2. The largest absolute Gasteiger partial charge is 0.487 e. The maximum atomic E-state index is 13.0. The molecule has 0 spiro atoms. The molecule has 6 heteroatoms. The van der Waals surface area contributed by atoms with E-state index in [0.29, 0.717) is 17.0 Å². The summed E-state index contributed by atoms with van der Waals surface area (Å²) in [7, 11) is 1.63. The Kier molecular flexibility index (Phi) is 6.68. The van der Waals surface area contributed by atoms with E-state index in [1.165, 1.54) is 10.5 Å². The minimum absolute atomic E-state index is 0.0714. The molecule has 31 heavy (non-hydrogen) atoms. The van der Waals surface area contributed by atoms with Gasteiger partial charge in [0, 0.05) is 7.05 Å². The van der Waals surface area contributed by atoms with E-state index >= 15 is 0 Å². The molecule has 1 heterocycles. The number of amides is 2. The molecule has 6 nitrogen and oxygen atoms in total. The summed E-state index contributed by atoms with van der Waals surface area (Å²) in [6.07, 6.45) is 0. The number of aryl methyl sites for hydroxylation is 4. The third-order valence-electron chi connectivity index (χ3n) is 5.67. The van der Waals surface area contributed by atoms with E-state index in [1.807, 2.05) is 64.1 Å². The lowest BCUT2D eigenvalue weighted by Gasteiger charge is -2.35. The van der Waals surface area contributed by atoms with Crippen LogP contribution >= 0.6 is 0 Å². The van der Waals surface area contributed by atoms with Gasteiger partial charge in [-0.2, -0.15) is 0 Å². The summed E-state index contributed by atoms with van der Waals surface area (Å²) in [6, 6.07) is 10.9. The number of urea groups is 1. The van der Waals surface area contributed by atoms with E-state index in [9.17, 15) is 9.59 Å². The van der Waals surface area contributed by atoms with Gasteiger partial charge < -0.3 is 14.8 Å². The van der Waals surface area contributed by atoms with Gasteiger partial charge >= 0.3 is 12.0 Å². The summed E-state index contributed by atoms with van der Waals surface area (Å²) < 4.78 is 11.4. The second-order valence-electron chi connectivity index (χ2n) is 7.92. The number of carbonyl (C=O) groups excluding carboxylic acids is 2. The number of hydrogen-bond donors (Lipinski definition) is 1. The predicted molar refractivity (Wildman–Crippen MR) is 120 cm³/mol. The molecule has 1 aliphatic heterocycles. The molecule has 2 aromatic carbocycles. The van der Waals surface area contributed by atoms with Crippen LogP contribution in [0.15, 0.2) is 47.7 Å². The molecule has 3 rings (SSSR count). The lowest BCUT2D eigenvalue weighted by atomic mass is 9.90. The first-order valence-corrected chi connectivity index (χ1v) is 10.4. The minimum Gasteiger partial charge on any atom is -0.487 e. The molecular formula is C25H30N2O4. The van der Waals surface area contributed by atoms with E-state index in [4.69, 9.17) is 9.47 Å². The van der Waals surface area contributed by atoms with Gasteiger partial charge in [0.25, 0.3) is 0 Å². The van der Waals surface area contributed by atoms with Crippen LogP contribution in [0.2, 0.25) is 0 Å². The maximum Gasteiger partial charge on any atom is 0.338 e. The quantitative estimate of drug-likeness (QED) is 0.696. The molecule has 2 amide bonds. The highest BCUT2D eigenvalue weighted by molar-refractivity contribution is 5.95. The number of benzene rings is 2. The van der Waals surface area contributed by atoms with E-state index in [0.717, 1.165) is 22.3 Å². The van der Waals surface area contributed by atoms with Crippen molar-refractivity contribution in [3.05, 3.63) is 75.5 Å². The topological polar surface area (TPSA) is 67.9 Å². The number of hydrogen-bond acceptors (Lipinski definition) is 4. The predicted octanol–water partition coefficient (Wildman–Crippen LogP) is 4.51. The summed E-state index contributed by atoms with van der Waals surface area (Å²) in [5.74, 6) is 0.223. The summed E-state index contributed by atoms with van der Waals surface area (Å²) in [6.45, 7) is 10.1.